The van der Waals surface area contributed by atoms with Gasteiger partial charge in [-0.25, -0.2) is 18.5 Å². The summed E-state index contributed by atoms with van der Waals surface area (Å²) in [5, 5.41) is 10.6. The first-order valence-corrected chi connectivity index (χ1v) is 13.6. The number of aromatic nitrogens is 2. The van der Waals surface area contributed by atoms with E-state index in [2.05, 4.69) is 26.4 Å². The number of benzene rings is 1. The first kappa shape index (κ1) is 30.2. The monoisotopic (exact) mass is 622 g/mol. The van der Waals surface area contributed by atoms with E-state index in [4.69, 9.17) is 28.9 Å². The molecule has 2 aromatic rings. The third-order valence-electron chi connectivity index (χ3n) is 5.62. The van der Waals surface area contributed by atoms with Crippen LogP contribution in [0.15, 0.2) is 45.8 Å². The number of hydrogen-bond acceptors (Lipinski definition) is 12. The van der Waals surface area contributed by atoms with Gasteiger partial charge in [-0.3, -0.25) is 9.09 Å². The number of aliphatic hydroxyl groups is 1. The van der Waals surface area contributed by atoms with Crippen LogP contribution < -0.4 is 21.4 Å². The zero-order valence-corrected chi connectivity index (χ0v) is 23.4. The Morgan fingerprint density at radius 2 is 2.03 bits per heavy atom. The summed E-state index contributed by atoms with van der Waals surface area (Å²) < 4.78 is 52.1. The van der Waals surface area contributed by atoms with Gasteiger partial charge >= 0.3 is 19.5 Å². The first-order valence-electron chi connectivity index (χ1n) is 11.4. The minimum absolute atomic E-state index is 0.0331. The minimum Gasteiger partial charge on any atom is -0.395 e. The Labute approximate surface area is 226 Å². The largest absolute Gasteiger partial charge is 0.589 e. The fourth-order valence-electron chi connectivity index (χ4n) is 3.57. The van der Waals surface area contributed by atoms with Crippen LogP contribution in [0, 0.1) is 5.92 Å². The predicted octanol–water partition coefficient (Wildman–Crippen LogP) is 2.50. The van der Waals surface area contributed by atoms with Gasteiger partial charge in [0.15, 0.2) is 11.9 Å². The average molecular weight is 623 g/mol. The molecule has 0 saturated carbocycles. The van der Waals surface area contributed by atoms with E-state index in [0.29, 0.717) is 4.47 Å². The van der Waals surface area contributed by atoms with Gasteiger partial charge in [-0.05, 0) is 43.2 Å². The van der Waals surface area contributed by atoms with Crippen molar-refractivity contribution in [2.24, 2.45) is 5.92 Å². The molecule has 0 amide bonds. The summed E-state index contributed by atoms with van der Waals surface area (Å²) in [7, 11) is -3.44. The lowest BCUT2D eigenvalue weighted by Gasteiger charge is -2.25. The summed E-state index contributed by atoms with van der Waals surface area (Å²) in [6.45, 7) is 3.67. The second-order valence-corrected chi connectivity index (χ2v) is 11.3. The topological polar surface area (TPSA) is 173 Å². The summed E-state index contributed by atoms with van der Waals surface area (Å²) in [6.07, 6.45) is -3.73. The van der Waals surface area contributed by atoms with Crippen LogP contribution in [0.2, 0.25) is 0 Å². The highest BCUT2D eigenvalue weighted by molar-refractivity contribution is 9.10. The Bertz CT molecular complexity index is 1230. The third kappa shape index (κ3) is 6.97. The SMILES string of the molecule is CON[C@H](C(=O)OP(=O)(OC[C@H]1O[C@@H](n2ccc(N)nc2=O)[C@@](C)(F)[C@@H]1O)Oc1ccc(Br)cc1)C(C)C. The molecule has 1 fully saturated rings. The standard InChI is InChI=1S/C22H29BrFN4O9P/c1-12(2)17(27-33-4)19(30)37-38(32,36-14-7-5-13(23)6-8-14)34-11-15-18(29)22(3,24)20(35-15)28-10-9-16(25)26-21(28)31/h5-10,12,15,17-18,20,27,29H,11H2,1-4H3,(H2,25,26,31)/t15-,17+,18-,20-,22+,38?/m1/s1. The maximum absolute atomic E-state index is 15.5. The maximum Gasteiger partial charge on any atom is 0.589 e. The number of halogens is 2. The average Bonchev–Trinajstić information content (AvgIpc) is 3.06. The molecule has 3 rings (SSSR count). The number of nitrogen functional groups attached to an aromatic ring is 1. The van der Waals surface area contributed by atoms with Gasteiger partial charge in [0.2, 0.25) is 0 Å². The van der Waals surface area contributed by atoms with Crippen LogP contribution in [0.25, 0.3) is 0 Å². The Balaban J connectivity index is 1.83. The van der Waals surface area contributed by atoms with Crippen molar-refractivity contribution < 1.29 is 42.0 Å². The van der Waals surface area contributed by atoms with Crippen LogP contribution in [-0.4, -0.2) is 58.3 Å². The summed E-state index contributed by atoms with van der Waals surface area (Å²) in [6, 6.07) is 6.28. The normalized spacial score (nSPS) is 25.6. The van der Waals surface area contributed by atoms with Crippen molar-refractivity contribution in [1.29, 1.82) is 0 Å². The number of anilines is 1. The number of phosphoric ester groups is 1. The number of rotatable bonds is 11. The van der Waals surface area contributed by atoms with Crippen molar-refractivity contribution in [3.8, 4) is 5.75 Å². The fourth-order valence-corrected chi connectivity index (χ4v) is 5.02. The highest BCUT2D eigenvalue weighted by Gasteiger charge is 2.56. The lowest BCUT2D eigenvalue weighted by atomic mass is 9.98. The number of phosphoric acid groups is 1. The van der Waals surface area contributed by atoms with Gasteiger partial charge in [0.1, 0.15) is 29.8 Å². The molecule has 0 spiro atoms. The summed E-state index contributed by atoms with van der Waals surface area (Å²) in [5.74, 6) is -1.40. The number of nitrogens with two attached hydrogens (primary N) is 1. The molecule has 4 N–H and O–H groups in total. The van der Waals surface area contributed by atoms with Crippen molar-refractivity contribution in [3.05, 3.63) is 51.5 Å². The molecule has 210 valence electrons. The first-order chi connectivity index (χ1) is 17.8. The zero-order chi connectivity index (χ0) is 28.3. The van der Waals surface area contributed by atoms with Gasteiger partial charge < -0.3 is 29.5 Å². The maximum atomic E-state index is 15.5. The smallest absolute Gasteiger partial charge is 0.395 e. The van der Waals surface area contributed by atoms with Crippen LogP contribution >= 0.6 is 23.8 Å². The second-order valence-electron chi connectivity index (χ2n) is 8.91. The number of ether oxygens (including phenoxy) is 1. The molecule has 2 heterocycles. The number of carbonyl (C=O) groups excluding carboxylic acids is 1. The molecule has 0 radical (unpaired) electrons. The Kier molecular flexibility index (Phi) is 9.68. The van der Waals surface area contributed by atoms with E-state index in [0.717, 1.165) is 11.5 Å². The van der Waals surface area contributed by atoms with Crippen molar-refractivity contribution in [2.75, 3.05) is 19.5 Å². The number of alkyl halides is 1. The molecule has 1 aromatic heterocycles. The summed E-state index contributed by atoms with van der Waals surface area (Å²) >= 11 is 3.27. The van der Waals surface area contributed by atoms with Gasteiger partial charge in [0, 0.05) is 10.7 Å². The van der Waals surface area contributed by atoms with Crippen LogP contribution in [0.3, 0.4) is 0 Å². The Morgan fingerprint density at radius 1 is 1.37 bits per heavy atom. The highest BCUT2D eigenvalue weighted by atomic mass is 79.9. The van der Waals surface area contributed by atoms with E-state index in [1.807, 2.05) is 0 Å². The number of aliphatic hydroxyl groups excluding tert-OH is 1. The van der Waals surface area contributed by atoms with Gasteiger partial charge in [0.05, 0.1) is 13.7 Å². The predicted molar refractivity (Wildman–Crippen MR) is 136 cm³/mol. The van der Waals surface area contributed by atoms with Crippen LogP contribution in [0.1, 0.15) is 27.0 Å². The third-order valence-corrected chi connectivity index (χ3v) is 7.45. The van der Waals surface area contributed by atoms with Crippen molar-refractivity contribution in [3.63, 3.8) is 0 Å². The van der Waals surface area contributed by atoms with E-state index in [-0.39, 0.29) is 17.5 Å². The molecule has 1 unspecified atom stereocenters. The number of hydroxylamine groups is 1. The number of nitrogens with zero attached hydrogens (tertiary/aromatic N) is 2. The number of hydrogen-bond donors (Lipinski definition) is 3. The molecular weight excluding hydrogens is 594 g/mol. The summed E-state index contributed by atoms with van der Waals surface area (Å²) in [5.41, 5.74) is 4.54. The van der Waals surface area contributed by atoms with Gasteiger partial charge in [-0.15, -0.1) is 0 Å². The molecule has 16 heteroatoms. The van der Waals surface area contributed by atoms with Crippen molar-refractivity contribution in [1.82, 2.24) is 15.0 Å². The van der Waals surface area contributed by atoms with Crippen molar-refractivity contribution in [2.45, 2.75) is 50.9 Å². The highest BCUT2D eigenvalue weighted by Crippen LogP contribution is 2.51. The van der Waals surface area contributed by atoms with E-state index < -0.39 is 56.2 Å². The lowest BCUT2D eigenvalue weighted by Crippen LogP contribution is -2.43. The van der Waals surface area contributed by atoms with Gasteiger partial charge in [0.25, 0.3) is 0 Å². The minimum atomic E-state index is -4.73. The number of nitrogens with one attached hydrogen (secondary N) is 1. The lowest BCUT2D eigenvalue weighted by molar-refractivity contribution is -0.144. The molecule has 0 aliphatic carbocycles. The Hall–Kier alpha value is -2.39. The second kappa shape index (κ2) is 12.2. The number of carbonyl (C=O) groups is 1. The molecule has 13 nitrogen and oxygen atoms in total. The quantitative estimate of drug-likeness (QED) is 0.247. The van der Waals surface area contributed by atoms with E-state index in [9.17, 15) is 19.3 Å². The van der Waals surface area contributed by atoms with E-state index in [1.54, 1.807) is 26.0 Å². The molecule has 1 aliphatic heterocycles. The van der Waals surface area contributed by atoms with Crippen molar-refractivity contribution >= 4 is 35.5 Å². The molecule has 1 saturated heterocycles. The van der Waals surface area contributed by atoms with Crippen LogP contribution in [0.5, 0.6) is 5.75 Å². The Morgan fingerprint density at radius 3 is 2.61 bits per heavy atom. The molecule has 1 aliphatic rings. The van der Waals surface area contributed by atoms with E-state index >= 15 is 4.39 Å². The van der Waals surface area contributed by atoms with Crippen LogP contribution in [0.4, 0.5) is 10.2 Å². The van der Waals surface area contributed by atoms with E-state index in [1.165, 1.54) is 31.5 Å². The van der Waals surface area contributed by atoms with Gasteiger partial charge in [-0.2, -0.15) is 10.5 Å². The molecule has 1 aromatic carbocycles. The van der Waals surface area contributed by atoms with Gasteiger partial charge in [-0.1, -0.05) is 29.8 Å². The zero-order valence-electron chi connectivity index (χ0n) is 20.9. The molecular formula is C22H29BrFN4O9P. The summed E-state index contributed by atoms with van der Waals surface area (Å²) in [4.78, 5) is 33.4. The fraction of sp³-hybridized carbons (Fsp3) is 0.500. The molecule has 38 heavy (non-hydrogen) atoms. The van der Waals surface area contributed by atoms with Crippen LogP contribution in [-0.2, 0) is 28.0 Å². The molecule has 0 bridgehead atoms. The molecule has 6 atom stereocenters.